The summed E-state index contributed by atoms with van der Waals surface area (Å²) in [5.74, 6) is 8.40. The van der Waals surface area contributed by atoms with Gasteiger partial charge in [0.05, 0.1) is 25.9 Å². The van der Waals surface area contributed by atoms with Crippen LogP contribution in [0.2, 0.25) is 0 Å². The van der Waals surface area contributed by atoms with Gasteiger partial charge >= 0.3 is 0 Å². The van der Waals surface area contributed by atoms with Crippen LogP contribution in [0.3, 0.4) is 0 Å². The van der Waals surface area contributed by atoms with E-state index in [0.717, 1.165) is 30.0 Å². The van der Waals surface area contributed by atoms with Crippen LogP contribution >= 0.6 is 0 Å². The van der Waals surface area contributed by atoms with Crippen molar-refractivity contribution in [2.45, 2.75) is 31.8 Å². The minimum Gasteiger partial charge on any atom is -0.376 e. The summed E-state index contributed by atoms with van der Waals surface area (Å²) in [6, 6.07) is 0. The highest BCUT2D eigenvalue weighted by molar-refractivity contribution is 5.57. The number of hydrogen-bond acceptors (Lipinski definition) is 7. The molecule has 2 fully saturated rings. The first-order valence-corrected chi connectivity index (χ1v) is 7.06. The van der Waals surface area contributed by atoms with Crippen LogP contribution in [-0.2, 0) is 9.47 Å². The van der Waals surface area contributed by atoms with E-state index in [1.165, 1.54) is 0 Å². The molecule has 20 heavy (non-hydrogen) atoms. The standard InChI is InChI=1S/C13H21N5O2/c1-8-11(15-6-10-7-19-4-5-20-10)16-13(9-2-3-9)17-12(8)18-14/h9-10H,2-7,14H2,1H3,(H2,15,16,17,18). The van der Waals surface area contributed by atoms with E-state index in [2.05, 4.69) is 20.7 Å². The topological polar surface area (TPSA) is 94.3 Å². The lowest BCUT2D eigenvalue weighted by atomic mass is 10.2. The molecule has 2 aliphatic rings. The summed E-state index contributed by atoms with van der Waals surface area (Å²) >= 11 is 0. The second kappa shape index (κ2) is 5.90. The average molecular weight is 279 g/mol. The lowest BCUT2D eigenvalue weighted by Crippen LogP contribution is -2.34. The second-order valence-electron chi connectivity index (χ2n) is 5.27. The van der Waals surface area contributed by atoms with Crippen LogP contribution < -0.4 is 16.6 Å². The van der Waals surface area contributed by atoms with E-state index in [4.69, 9.17) is 15.3 Å². The molecule has 4 N–H and O–H groups in total. The zero-order valence-corrected chi connectivity index (χ0v) is 11.7. The molecule has 1 aliphatic carbocycles. The van der Waals surface area contributed by atoms with Gasteiger partial charge in [0.2, 0.25) is 0 Å². The Morgan fingerprint density at radius 1 is 1.25 bits per heavy atom. The number of aromatic nitrogens is 2. The molecule has 3 rings (SSSR count). The molecule has 1 saturated carbocycles. The van der Waals surface area contributed by atoms with Crippen LogP contribution in [0.1, 0.15) is 30.1 Å². The predicted molar refractivity (Wildman–Crippen MR) is 75.6 cm³/mol. The minimum absolute atomic E-state index is 0.0665. The van der Waals surface area contributed by atoms with Crippen LogP contribution in [0.5, 0.6) is 0 Å². The summed E-state index contributed by atoms with van der Waals surface area (Å²) in [6.45, 7) is 4.57. The van der Waals surface area contributed by atoms with Gasteiger partial charge in [0.25, 0.3) is 0 Å². The van der Waals surface area contributed by atoms with Crippen molar-refractivity contribution in [2.75, 3.05) is 37.1 Å². The van der Waals surface area contributed by atoms with Crippen molar-refractivity contribution in [1.29, 1.82) is 0 Å². The number of hydrazine groups is 1. The number of nitrogens with two attached hydrogens (primary N) is 1. The summed E-state index contributed by atoms with van der Waals surface area (Å²) in [5, 5.41) is 3.33. The Hall–Kier alpha value is -1.44. The maximum Gasteiger partial charge on any atom is 0.148 e. The van der Waals surface area contributed by atoms with Crippen molar-refractivity contribution in [3.05, 3.63) is 11.4 Å². The number of nitrogen functional groups attached to an aromatic ring is 1. The molecule has 1 aliphatic heterocycles. The maximum absolute atomic E-state index is 5.61. The monoisotopic (exact) mass is 279 g/mol. The number of anilines is 2. The number of nitrogens with zero attached hydrogens (tertiary/aromatic N) is 2. The fourth-order valence-corrected chi connectivity index (χ4v) is 2.24. The van der Waals surface area contributed by atoms with Gasteiger partial charge in [0.1, 0.15) is 17.5 Å². The largest absolute Gasteiger partial charge is 0.376 e. The zero-order valence-electron chi connectivity index (χ0n) is 11.7. The molecule has 1 unspecified atom stereocenters. The summed E-state index contributed by atoms with van der Waals surface area (Å²) < 4.78 is 11.0. The van der Waals surface area contributed by atoms with Gasteiger partial charge in [-0.05, 0) is 19.8 Å². The van der Waals surface area contributed by atoms with Crippen molar-refractivity contribution < 1.29 is 9.47 Å². The van der Waals surface area contributed by atoms with E-state index in [-0.39, 0.29) is 6.10 Å². The first-order chi connectivity index (χ1) is 9.78. The van der Waals surface area contributed by atoms with Gasteiger partial charge in [-0.1, -0.05) is 0 Å². The Kier molecular flexibility index (Phi) is 4.00. The summed E-state index contributed by atoms with van der Waals surface area (Å²) in [5.41, 5.74) is 3.57. The number of nitrogens with one attached hydrogen (secondary N) is 2. The molecule has 7 nitrogen and oxygen atoms in total. The number of ether oxygens (including phenoxy) is 2. The predicted octanol–water partition coefficient (Wildman–Crippen LogP) is 0.775. The van der Waals surface area contributed by atoms with Gasteiger partial charge in [0.15, 0.2) is 0 Å². The van der Waals surface area contributed by atoms with E-state index in [1.807, 2.05) is 6.92 Å². The SMILES string of the molecule is Cc1c(NN)nc(C2CC2)nc1NCC1COCCO1. The van der Waals surface area contributed by atoms with Gasteiger partial charge in [-0.15, -0.1) is 0 Å². The van der Waals surface area contributed by atoms with Crippen LogP contribution in [-0.4, -0.2) is 42.4 Å². The van der Waals surface area contributed by atoms with Crippen molar-refractivity contribution in [3.63, 3.8) is 0 Å². The Morgan fingerprint density at radius 3 is 2.70 bits per heavy atom. The molecule has 0 bridgehead atoms. The molecule has 1 atom stereocenters. The van der Waals surface area contributed by atoms with E-state index >= 15 is 0 Å². The van der Waals surface area contributed by atoms with E-state index in [9.17, 15) is 0 Å². The normalized spacial score (nSPS) is 22.6. The summed E-state index contributed by atoms with van der Waals surface area (Å²) in [6.07, 6.45) is 2.38. The van der Waals surface area contributed by atoms with Crippen LogP contribution in [0.15, 0.2) is 0 Å². The molecule has 0 amide bonds. The van der Waals surface area contributed by atoms with E-state index in [1.54, 1.807) is 0 Å². The molecule has 1 aromatic heterocycles. The van der Waals surface area contributed by atoms with Gasteiger partial charge < -0.3 is 20.2 Å². The molecular weight excluding hydrogens is 258 g/mol. The van der Waals surface area contributed by atoms with Crippen molar-refractivity contribution in [2.24, 2.45) is 5.84 Å². The minimum atomic E-state index is 0.0665. The molecule has 1 aromatic rings. The van der Waals surface area contributed by atoms with Crippen LogP contribution in [0.25, 0.3) is 0 Å². The average Bonchev–Trinajstić information content (AvgIpc) is 3.32. The van der Waals surface area contributed by atoms with E-state index in [0.29, 0.717) is 38.1 Å². The van der Waals surface area contributed by atoms with Gasteiger partial charge in [-0.25, -0.2) is 15.8 Å². The fourth-order valence-electron chi connectivity index (χ4n) is 2.24. The molecule has 1 saturated heterocycles. The zero-order chi connectivity index (χ0) is 13.9. The third kappa shape index (κ3) is 3.00. The lowest BCUT2D eigenvalue weighted by Gasteiger charge is -2.24. The van der Waals surface area contributed by atoms with Crippen LogP contribution in [0.4, 0.5) is 11.6 Å². The molecule has 2 heterocycles. The smallest absolute Gasteiger partial charge is 0.148 e. The highest BCUT2D eigenvalue weighted by Gasteiger charge is 2.28. The van der Waals surface area contributed by atoms with Gasteiger partial charge in [-0.3, -0.25) is 0 Å². The first-order valence-electron chi connectivity index (χ1n) is 7.06. The first kappa shape index (κ1) is 13.5. The van der Waals surface area contributed by atoms with Gasteiger partial charge in [0, 0.05) is 18.0 Å². The third-order valence-corrected chi connectivity index (χ3v) is 3.62. The quantitative estimate of drug-likeness (QED) is 0.541. The summed E-state index contributed by atoms with van der Waals surface area (Å²) in [7, 11) is 0. The number of hydrogen-bond donors (Lipinski definition) is 3. The molecule has 7 heteroatoms. The van der Waals surface area contributed by atoms with Crippen LogP contribution in [0, 0.1) is 6.92 Å². The fraction of sp³-hybridized carbons (Fsp3) is 0.692. The molecular formula is C13H21N5O2. The van der Waals surface area contributed by atoms with E-state index < -0.39 is 0 Å². The Morgan fingerprint density at radius 2 is 2.05 bits per heavy atom. The molecule has 110 valence electrons. The Labute approximate surface area is 118 Å². The second-order valence-corrected chi connectivity index (χ2v) is 5.27. The molecule has 0 radical (unpaired) electrons. The highest BCUT2D eigenvalue weighted by atomic mass is 16.6. The summed E-state index contributed by atoms with van der Waals surface area (Å²) in [4.78, 5) is 9.08. The Bertz CT molecular complexity index is 472. The third-order valence-electron chi connectivity index (χ3n) is 3.62. The highest BCUT2D eigenvalue weighted by Crippen LogP contribution is 2.39. The van der Waals surface area contributed by atoms with Crippen molar-refractivity contribution >= 4 is 11.6 Å². The maximum atomic E-state index is 5.61. The van der Waals surface area contributed by atoms with Crippen molar-refractivity contribution in [3.8, 4) is 0 Å². The Balaban J connectivity index is 1.71. The number of rotatable bonds is 5. The molecule has 0 spiro atoms. The lowest BCUT2D eigenvalue weighted by molar-refractivity contribution is -0.0819. The van der Waals surface area contributed by atoms with Gasteiger partial charge in [-0.2, -0.15) is 0 Å². The molecule has 0 aromatic carbocycles. The van der Waals surface area contributed by atoms with Crippen molar-refractivity contribution in [1.82, 2.24) is 9.97 Å².